The Morgan fingerprint density at radius 2 is 2.07 bits per heavy atom. The van der Waals surface area contributed by atoms with Crippen LogP contribution in [0.5, 0.6) is 5.75 Å². The van der Waals surface area contributed by atoms with Crippen molar-refractivity contribution >= 4 is 5.91 Å². The molecule has 0 N–H and O–H groups in total. The highest BCUT2D eigenvalue weighted by atomic mass is 16.5. The molecule has 1 amide bonds. The first-order valence-electron chi connectivity index (χ1n) is 9.27. The molecule has 1 aliphatic rings. The molecule has 6 nitrogen and oxygen atoms in total. The Balaban J connectivity index is 1.41. The van der Waals surface area contributed by atoms with Gasteiger partial charge in [0.15, 0.2) is 0 Å². The number of nitrogens with zero attached hydrogens (tertiary/aromatic N) is 4. The Morgan fingerprint density at radius 1 is 1.15 bits per heavy atom. The molecule has 1 aromatic carbocycles. The molecule has 0 radical (unpaired) electrons. The van der Waals surface area contributed by atoms with Gasteiger partial charge in [-0.15, -0.1) is 0 Å². The van der Waals surface area contributed by atoms with Crippen molar-refractivity contribution in [2.24, 2.45) is 0 Å². The minimum absolute atomic E-state index is 0.188. The van der Waals surface area contributed by atoms with E-state index in [1.165, 1.54) is 0 Å². The Hall–Kier alpha value is -2.91. The normalized spacial score (nSPS) is 15.2. The van der Waals surface area contributed by atoms with Gasteiger partial charge in [0.1, 0.15) is 5.75 Å². The van der Waals surface area contributed by atoms with E-state index in [-0.39, 0.29) is 5.91 Å². The lowest BCUT2D eigenvalue weighted by atomic mass is 10.2. The summed E-state index contributed by atoms with van der Waals surface area (Å²) in [5.41, 5.74) is 1.53. The van der Waals surface area contributed by atoms with Crippen molar-refractivity contribution in [2.45, 2.75) is 19.4 Å². The summed E-state index contributed by atoms with van der Waals surface area (Å²) in [4.78, 5) is 20.9. The zero-order valence-corrected chi connectivity index (χ0v) is 15.4. The van der Waals surface area contributed by atoms with Crippen LogP contribution in [0.4, 0.5) is 0 Å². The van der Waals surface area contributed by atoms with E-state index < -0.39 is 0 Å². The molecule has 1 fully saturated rings. The van der Waals surface area contributed by atoms with E-state index in [1.54, 1.807) is 18.3 Å². The highest BCUT2D eigenvalue weighted by molar-refractivity contribution is 5.76. The van der Waals surface area contributed by atoms with E-state index >= 15 is 0 Å². The Labute approximate surface area is 160 Å². The van der Waals surface area contributed by atoms with Gasteiger partial charge in [0.05, 0.1) is 30.5 Å². The van der Waals surface area contributed by atoms with Gasteiger partial charge in [-0.05, 0) is 36.8 Å². The molecule has 6 heteroatoms. The van der Waals surface area contributed by atoms with Crippen molar-refractivity contribution in [1.82, 2.24) is 14.8 Å². The first-order valence-corrected chi connectivity index (χ1v) is 9.27. The van der Waals surface area contributed by atoms with E-state index in [2.05, 4.69) is 16.0 Å². The van der Waals surface area contributed by atoms with E-state index in [0.717, 1.165) is 44.0 Å². The lowest BCUT2D eigenvalue weighted by molar-refractivity contribution is -0.131. The topological polar surface area (TPSA) is 69.5 Å². The summed E-state index contributed by atoms with van der Waals surface area (Å²) in [6, 6.07) is 15.1. The second-order valence-electron chi connectivity index (χ2n) is 6.57. The third-order valence-corrected chi connectivity index (χ3v) is 4.61. The van der Waals surface area contributed by atoms with Crippen molar-refractivity contribution in [3.63, 3.8) is 0 Å². The summed E-state index contributed by atoms with van der Waals surface area (Å²) in [7, 11) is 0. The van der Waals surface area contributed by atoms with E-state index in [1.807, 2.05) is 35.2 Å². The summed E-state index contributed by atoms with van der Waals surface area (Å²) in [6.07, 6.45) is 3.18. The van der Waals surface area contributed by atoms with Crippen LogP contribution in [0, 0.1) is 11.3 Å². The molecule has 0 atom stereocenters. The maximum Gasteiger partial charge on any atom is 0.224 e. The Morgan fingerprint density at radius 3 is 2.89 bits per heavy atom. The van der Waals surface area contributed by atoms with E-state index in [4.69, 9.17) is 10.00 Å². The fraction of sp³-hybridized carbons (Fsp3) is 0.381. The van der Waals surface area contributed by atoms with Crippen molar-refractivity contribution < 1.29 is 9.53 Å². The van der Waals surface area contributed by atoms with Crippen LogP contribution < -0.4 is 4.74 Å². The highest BCUT2D eigenvalue weighted by Gasteiger charge is 2.21. The summed E-state index contributed by atoms with van der Waals surface area (Å²) >= 11 is 0. The molecule has 0 unspecified atom stereocenters. The predicted octanol–water partition coefficient (Wildman–Crippen LogP) is 2.46. The van der Waals surface area contributed by atoms with Gasteiger partial charge >= 0.3 is 0 Å². The molecule has 3 rings (SSSR count). The zero-order valence-electron chi connectivity index (χ0n) is 15.4. The van der Waals surface area contributed by atoms with Crippen molar-refractivity contribution in [3.05, 3.63) is 59.9 Å². The SMILES string of the molecule is N#Cc1cccc(OCCCN2CCC(=O)N(Cc3ccccn3)CC2)c1. The third kappa shape index (κ3) is 5.80. The number of hydrogen-bond acceptors (Lipinski definition) is 5. The Bertz CT molecular complexity index is 788. The molecule has 0 bridgehead atoms. The molecule has 1 aliphatic heterocycles. The fourth-order valence-electron chi connectivity index (χ4n) is 3.12. The number of carbonyl (C=O) groups excluding carboxylic acids is 1. The van der Waals surface area contributed by atoms with Crippen molar-refractivity contribution in [2.75, 3.05) is 32.8 Å². The number of benzene rings is 1. The van der Waals surface area contributed by atoms with Gasteiger partial charge in [0, 0.05) is 38.8 Å². The quantitative estimate of drug-likeness (QED) is 0.706. The molecule has 0 spiro atoms. The maximum atomic E-state index is 12.4. The molecule has 1 saturated heterocycles. The predicted molar refractivity (Wildman–Crippen MR) is 102 cm³/mol. The van der Waals surface area contributed by atoms with Crippen LogP contribution in [0.15, 0.2) is 48.7 Å². The summed E-state index contributed by atoms with van der Waals surface area (Å²) in [5.74, 6) is 0.911. The summed E-state index contributed by atoms with van der Waals surface area (Å²) in [5, 5.41) is 8.92. The zero-order chi connectivity index (χ0) is 18.9. The smallest absolute Gasteiger partial charge is 0.224 e. The summed E-state index contributed by atoms with van der Waals surface area (Å²) < 4.78 is 5.73. The van der Waals surface area contributed by atoms with Crippen molar-refractivity contribution in [3.8, 4) is 11.8 Å². The van der Waals surface area contributed by atoms with Crippen LogP contribution in [-0.2, 0) is 11.3 Å². The molecule has 0 saturated carbocycles. The lowest BCUT2D eigenvalue weighted by Gasteiger charge is -2.21. The van der Waals surface area contributed by atoms with Gasteiger partial charge in [-0.1, -0.05) is 12.1 Å². The van der Waals surface area contributed by atoms with Gasteiger partial charge in [0.25, 0.3) is 0 Å². The number of aromatic nitrogens is 1. The summed E-state index contributed by atoms with van der Waals surface area (Å²) in [6.45, 7) is 4.43. The van der Waals surface area contributed by atoms with E-state index in [9.17, 15) is 4.79 Å². The van der Waals surface area contributed by atoms with Crippen LogP contribution in [0.3, 0.4) is 0 Å². The minimum atomic E-state index is 0.188. The van der Waals surface area contributed by atoms with E-state index in [0.29, 0.717) is 25.1 Å². The molecule has 1 aromatic heterocycles. The molecule has 0 aliphatic carbocycles. The van der Waals surface area contributed by atoms with Gasteiger partial charge in [-0.25, -0.2) is 0 Å². The van der Waals surface area contributed by atoms with Gasteiger partial charge in [0.2, 0.25) is 5.91 Å². The number of amides is 1. The minimum Gasteiger partial charge on any atom is -0.494 e. The van der Waals surface area contributed by atoms with Crippen LogP contribution in [0.2, 0.25) is 0 Å². The fourth-order valence-corrected chi connectivity index (χ4v) is 3.12. The Kier molecular flexibility index (Phi) is 6.78. The average molecular weight is 364 g/mol. The molecular formula is C21H24N4O2. The van der Waals surface area contributed by atoms with Crippen LogP contribution in [0.25, 0.3) is 0 Å². The first-order chi connectivity index (χ1) is 13.2. The van der Waals surface area contributed by atoms with Crippen molar-refractivity contribution in [1.29, 1.82) is 5.26 Å². The first kappa shape index (κ1) is 18.9. The number of hydrogen-bond donors (Lipinski definition) is 0. The van der Waals surface area contributed by atoms with Crippen LogP contribution in [0.1, 0.15) is 24.1 Å². The largest absolute Gasteiger partial charge is 0.494 e. The number of carbonyl (C=O) groups is 1. The molecule has 2 aromatic rings. The van der Waals surface area contributed by atoms with Gasteiger partial charge in [-0.3, -0.25) is 9.78 Å². The highest BCUT2D eigenvalue weighted by Crippen LogP contribution is 2.13. The number of nitriles is 1. The van der Waals surface area contributed by atoms with Crippen LogP contribution >= 0.6 is 0 Å². The number of pyridine rings is 1. The third-order valence-electron chi connectivity index (χ3n) is 4.61. The van der Waals surface area contributed by atoms with Crippen LogP contribution in [-0.4, -0.2) is 53.5 Å². The second-order valence-corrected chi connectivity index (χ2v) is 6.57. The van der Waals surface area contributed by atoms with Gasteiger partial charge in [-0.2, -0.15) is 5.26 Å². The maximum absolute atomic E-state index is 12.4. The molecule has 140 valence electrons. The monoisotopic (exact) mass is 364 g/mol. The lowest BCUT2D eigenvalue weighted by Crippen LogP contribution is -2.33. The number of ether oxygens (including phenoxy) is 1. The second kappa shape index (κ2) is 9.70. The molecular weight excluding hydrogens is 340 g/mol. The standard InChI is InChI=1S/C21H24N4O2/c22-16-18-5-3-7-20(15-18)27-14-4-10-24-11-8-21(26)25(13-12-24)17-19-6-1-2-9-23-19/h1-3,5-7,9,15H,4,8,10-14,17H2. The molecule has 27 heavy (non-hydrogen) atoms. The molecule has 2 heterocycles. The van der Waals surface area contributed by atoms with Gasteiger partial charge < -0.3 is 14.5 Å². The number of rotatable bonds is 7. The average Bonchev–Trinajstić information content (AvgIpc) is 2.88.